The number of halogens is 1. The molecule has 16 heavy (non-hydrogen) atoms. The number of rotatable bonds is 3. The zero-order valence-corrected chi connectivity index (χ0v) is 10.8. The molecule has 1 saturated heterocycles. The Morgan fingerprint density at radius 3 is 2.50 bits per heavy atom. The van der Waals surface area contributed by atoms with Crippen LogP contribution in [0.25, 0.3) is 0 Å². The highest BCUT2D eigenvalue weighted by atomic mass is 79.9. The number of nitrogens with one attached hydrogen (secondary N) is 1. The van der Waals surface area contributed by atoms with Gasteiger partial charge < -0.3 is 0 Å². The number of aromatic nitrogens is 2. The van der Waals surface area contributed by atoms with Crippen LogP contribution in [0.2, 0.25) is 0 Å². The van der Waals surface area contributed by atoms with Gasteiger partial charge in [-0.1, -0.05) is 0 Å². The lowest BCUT2D eigenvalue weighted by Crippen LogP contribution is -2.33. The molecule has 2 rings (SSSR count). The molecule has 1 N–H and O–H groups in total. The van der Waals surface area contributed by atoms with Crippen molar-refractivity contribution in [2.45, 2.75) is 12.8 Å². The van der Waals surface area contributed by atoms with E-state index in [9.17, 15) is 8.42 Å². The highest BCUT2D eigenvalue weighted by Gasteiger charge is 2.25. The van der Waals surface area contributed by atoms with Gasteiger partial charge in [-0.2, -0.15) is 12.7 Å². The lowest BCUT2D eigenvalue weighted by Gasteiger charge is -2.15. The first-order valence-electron chi connectivity index (χ1n) is 4.83. The lowest BCUT2D eigenvalue weighted by molar-refractivity contribution is 0.482. The van der Waals surface area contributed by atoms with E-state index in [0.717, 1.165) is 12.8 Å². The summed E-state index contributed by atoms with van der Waals surface area (Å²) in [5.41, 5.74) is 0. The third kappa shape index (κ3) is 2.69. The van der Waals surface area contributed by atoms with E-state index in [1.807, 2.05) is 0 Å². The minimum atomic E-state index is -3.46. The van der Waals surface area contributed by atoms with Crippen molar-refractivity contribution >= 4 is 32.0 Å². The summed E-state index contributed by atoms with van der Waals surface area (Å²) < 4.78 is 28.0. The van der Waals surface area contributed by atoms with E-state index in [2.05, 4.69) is 30.6 Å². The van der Waals surface area contributed by atoms with Gasteiger partial charge in [-0.15, -0.1) is 0 Å². The van der Waals surface area contributed by atoms with Crippen molar-refractivity contribution in [3.8, 4) is 0 Å². The molecule has 8 heteroatoms. The van der Waals surface area contributed by atoms with Gasteiger partial charge in [0.25, 0.3) is 0 Å². The van der Waals surface area contributed by atoms with Crippen LogP contribution in [0.1, 0.15) is 12.8 Å². The van der Waals surface area contributed by atoms with Gasteiger partial charge >= 0.3 is 10.2 Å². The van der Waals surface area contributed by atoms with Crippen LogP contribution in [0.4, 0.5) is 5.82 Å². The van der Waals surface area contributed by atoms with Crippen molar-refractivity contribution in [3.05, 3.63) is 17.0 Å². The number of nitrogens with zero attached hydrogens (tertiary/aromatic N) is 3. The van der Waals surface area contributed by atoms with Crippen LogP contribution in [0.5, 0.6) is 0 Å². The lowest BCUT2D eigenvalue weighted by atomic mass is 10.4. The Balaban J connectivity index is 2.11. The molecule has 2 heterocycles. The summed E-state index contributed by atoms with van der Waals surface area (Å²) in [5.74, 6) is 0.232. The predicted octanol–water partition coefficient (Wildman–Crippen LogP) is 0.992. The monoisotopic (exact) mass is 306 g/mol. The van der Waals surface area contributed by atoms with Crippen molar-refractivity contribution in [1.82, 2.24) is 14.3 Å². The van der Waals surface area contributed by atoms with Crippen molar-refractivity contribution in [3.63, 3.8) is 0 Å². The highest BCUT2D eigenvalue weighted by molar-refractivity contribution is 9.10. The molecule has 0 spiro atoms. The van der Waals surface area contributed by atoms with Crippen LogP contribution < -0.4 is 4.72 Å². The van der Waals surface area contributed by atoms with Gasteiger partial charge in [0, 0.05) is 13.1 Å². The molecule has 6 nitrogen and oxygen atoms in total. The maximum atomic E-state index is 11.8. The Kier molecular flexibility index (Phi) is 3.41. The second kappa shape index (κ2) is 4.64. The average molecular weight is 307 g/mol. The van der Waals surface area contributed by atoms with E-state index in [0.29, 0.717) is 17.7 Å². The van der Waals surface area contributed by atoms with Crippen molar-refractivity contribution in [2.75, 3.05) is 17.8 Å². The van der Waals surface area contributed by atoms with Crippen molar-refractivity contribution < 1.29 is 8.42 Å². The van der Waals surface area contributed by atoms with Gasteiger partial charge in [0.15, 0.2) is 5.82 Å². The molecule has 1 aliphatic rings. The predicted molar refractivity (Wildman–Crippen MR) is 63.1 cm³/mol. The molecular formula is C8H11BrN4O2S. The van der Waals surface area contributed by atoms with Crippen LogP contribution in [-0.4, -0.2) is 35.8 Å². The second-order valence-corrected chi connectivity index (χ2v) is 5.92. The van der Waals surface area contributed by atoms with Crippen LogP contribution in [0.15, 0.2) is 17.0 Å². The summed E-state index contributed by atoms with van der Waals surface area (Å²) in [6.07, 6.45) is 4.64. The number of hydrogen-bond acceptors (Lipinski definition) is 4. The topological polar surface area (TPSA) is 75.2 Å². The van der Waals surface area contributed by atoms with E-state index >= 15 is 0 Å². The Bertz CT molecular complexity index is 455. The summed E-state index contributed by atoms with van der Waals surface area (Å²) >= 11 is 3.13. The van der Waals surface area contributed by atoms with Gasteiger partial charge in [-0.05, 0) is 28.8 Å². The largest absolute Gasteiger partial charge is 0.302 e. The minimum absolute atomic E-state index is 0.232. The molecule has 1 aromatic rings. The summed E-state index contributed by atoms with van der Waals surface area (Å²) in [5, 5.41) is 0. The van der Waals surface area contributed by atoms with Gasteiger partial charge in [0.05, 0.1) is 12.4 Å². The molecule has 1 fully saturated rings. The van der Waals surface area contributed by atoms with E-state index in [1.165, 1.54) is 16.7 Å². The molecular weight excluding hydrogens is 296 g/mol. The summed E-state index contributed by atoms with van der Waals surface area (Å²) in [4.78, 5) is 7.81. The molecule has 0 unspecified atom stereocenters. The second-order valence-electron chi connectivity index (χ2n) is 3.44. The van der Waals surface area contributed by atoms with Crippen molar-refractivity contribution in [1.29, 1.82) is 0 Å². The van der Waals surface area contributed by atoms with E-state index in [4.69, 9.17) is 0 Å². The standard InChI is InChI=1S/C8H11BrN4O2S/c9-7-5-11-8(6-10-7)12-16(14,15)13-3-1-2-4-13/h5-6H,1-4H2,(H,11,12). The molecule has 0 bridgehead atoms. The highest BCUT2D eigenvalue weighted by Crippen LogP contribution is 2.15. The molecule has 0 aromatic carbocycles. The molecule has 0 amide bonds. The fourth-order valence-electron chi connectivity index (χ4n) is 1.49. The fraction of sp³-hybridized carbons (Fsp3) is 0.500. The molecule has 0 aliphatic carbocycles. The third-order valence-corrected chi connectivity index (χ3v) is 4.18. The normalized spacial score (nSPS) is 17.6. The Labute approximate surface area is 102 Å². The maximum absolute atomic E-state index is 11.8. The molecule has 1 aliphatic heterocycles. The van der Waals surface area contributed by atoms with E-state index in [1.54, 1.807) is 0 Å². The average Bonchev–Trinajstić information content (AvgIpc) is 2.75. The SMILES string of the molecule is O=S(=O)(Nc1cnc(Br)cn1)N1CCCC1. The van der Waals surface area contributed by atoms with E-state index in [-0.39, 0.29) is 5.82 Å². The van der Waals surface area contributed by atoms with Crippen molar-refractivity contribution in [2.24, 2.45) is 0 Å². The minimum Gasteiger partial charge on any atom is -0.253 e. The molecule has 88 valence electrons. The van der Waals surface area contributed by atoms with E-state index < -0.39 is 10.2 Å². The third-order valence-electron chi connectivity index (χ3n) is 2.26. The summed E-state index contributed by atoms with van der Waals surface area (Å²) in [6, 6.07) is 0. The zero-order chi connectivity index (χ0) is 11.6. The summed E-state index contributed by atoms with van der Waals surface area (Å²) in [7, 11) is -3.46. The Morgan fingerprint density at radius 2 is 1.94 bits per heavy atom. The smallest absolute Gasteiger partial charge is 0.253 e. The number of anilines is 1. The fourth-order valence-corrected chi connectivity index (χ4v) is 2.93. The van der Waals surface area contributed by atoms with Crippen LogP contribution in [0, 0.1) is 0 Å². The first-order valence-corrected chi connectivity index (χ1v) is 7.07. The van der Waals surface area contributed by atoms with Crippen LogP contribution in [0.3, 0.4) is 0 Å². The maximum Gasteiger partial charge on any atom is 0.302 e. The zero-order valence-electron chi connectivity index (χ0n) is 8.43. The molecule has 0 atom stereocenters. The van der Waals surface area contributed by atoms with Crippen LogP contribution in [-0.2, 0) is 10.2 Å². The first kappa shape index (κ1) is 11.7. The Hall–Kier alpha value is -0.730. The number of hydrogen-bond donors (Lipinski definition) is 1. The quantitative estimate of drug-likeness (QED) is 0.903. The van der Waals surface area contributed by atoms with Gasteiger partial charge in [0.2, 0.25) is 0 Å². The summed E-state index contributed by atoms with van der Waals surface area (Å²) in [6.45, 7) is 1.14. The Morgan fingerprint density at radius 1 is 1.25 bits per heavy atom. The van der Waals surface area contributed by atoms with Gasteiger partial charge in [-0.25, -0.2) is 9.97 Å². The van der Waals surface area contributed by atoms with Gasteiger partial charge in [0.1, 0.15) is 4.60 Å². The van der Waals surface area contributed by atoms with Crippen LogP contribution >= 0.6 is 15.9 Å². The van der Waals surface area contributed by atoms with Gasteiger partial charge in [-0.3, -0.25) is 4.72 Å². The molecule has 0 saturated carbocycles. The molecule has 0 radical (unpaired) electrons. The molecule has 1 aromatic heterocycles. The first-order chi connectivity index (χ1) is 7.58.